The van der Waals surface area contributed by atoms with Gasteiger partial charge in [0.25, 0.3) is 0 Å². The minimum absolute atomic E-state index is 0.134. The summed E-state index contributed by atoms with van der Waals surface area (Å²) in [5.74, 6) is 0. The van der Waals surface area contributed by atoms with Gasteiger partial charge in [-0.1, -0.05) is 37.6 Å². The zero-order valence-electron chi connectivity index (χ0n) is 11.2. The summed E-state index contributed by atoms with van der Waals surface area (Å²) in [6, 6.07) is 5.97. The summed E-state index contributed by atoms with van der Waals surface area (Å²) >= 11 is 7.90. The number of halogens is 1. The maximum absolute atomic E-state index is 9.60. The van der Waals surface area contributed by atoms with Gasteiger partial charge in [0, 0.05) is 16.7 Å². The summed E-state index contributed by atoms with van der Waals surface area (Å²) in [6.45, 7) is 7.80. The van der Waals surface area contributed by atoms with Crippen LogP contribution in [0.15, 0.2) is 23.1 Å². The van der Waals surface area contributed by atoms with Crippen LogP contribution in [0.2, 0.25) is 5.02 Å². The van der Waals surface area contributed by atoms with Gasteiger partial charge in [-0.25, -0.2) is 0 Å². The van der Waals surface area contributed by atoms with E-state index >= 15 is 0 Å². The van der Waals surface area contributed by atoms with Crippen LogP contribution in [-0.2, 0) is 6.54 Å². The molecule has 0 heterocycles. The first kappa shape index (κ1) is 15.8. The molecule has 1 aromatic rings. The Bertz CT molecular complexity index is 371. The number of nitrogens with one attached hydrogen (secondary N) is 1. The number of aliphatic hydroxyl groups is 1. The van der Waals surface area contributed by atoms with E-state index in [9.17, 15) is 5.11 Å². The van der Waals surface area contributed by atoms with Crippen molar-refractivity contribution in [2.24, 2.45) is 0 Å². The van der Waals surface area contributed by atoms with Gasteiger partial charge in [-0.3, -0.25) is 0 Å². The third-order valence-corrected chi connectivity index (χ3v) is 4.68. The lowest BCUT2D eigenvalue weighted by atomic mass is 10.2. The van der Waals surface area contributed by atoms with E-state index in [2.05, 4.69) is 18.3 Å². The summed E-state index contributed by atoms with van der Waals surface area (Å²) < 4.78 is 0. The smallest absolute Gasteiger partial charge is 0.0631 e. The van der Waals surface area contributed by atoms with Gasteiger partial charge in [0.15, 0.2) is 0 Å². The fourth-order valence-electron chi connectivity index (χ4n) is 1.51. The minimum atomic E-state index is -0.345. The fourth-order valence-corrected chi connectivity index (χ4v) is 2.88. The maximum atomic E-state index is 9.60. The van der Waals surface area contributed by atoms with E-state index in [1.807, 2.05) is 26.0 Å². The Labute approximate surface area is 119 Å². The van der Waals surface area contributed by atoms with E-state index in [0.717, 1.165) is 29.4 Å². The molecule has 0 amide bonds. The molecular formula is C14H22ClNOS. The molecule has 0 fully saturated rings. The van der Waals surface area contributed by atoms with Gasteiger partial charge >= 0.3 is 0 Å². The second-order valence-electron chi connectivity index (χ2n) is 4.47. The van der Waals surface area contributed by atoms with Gasteiger partial charge in [0.05, 0.1) is 11.1 Å². The number of thioether (sulfide) groups is 1. The lowest BCUT2D eigenvalue weighted by Gasteiger charge is -2.18. The predicted octanol–water partition coefficient (Wildman–Crippen LogP) is 3.70. The number of hydrogen-bond donors (Lipinski definition) is 2. The van der Waals surface area contributed by atoms with Gasteiger partial charge in [-0.15, -0.1) is 11.8 Å². The first-order valence-electron chi connectivity index (χ1n) is 6.39. The second-order valence-corrected chi connectivity index (χ2v) is 6.26. The molecule has 0 saturated heterocycles. The molecule has 18 heavy (non-hydrogen) atoms. The average Bonchev–Trinajstić information content (AvgIpc) is 2.33. The van der Waals surface area contributed by atoms with Crippen LogP contribution in [0.5, 0.6) is 0 Å². The Balaban J connectivity index is 2.80. The highest BCUT2D eigenvalue weighted by atomic mass is 35.5. The van der Waals surface area contributed by atoms with E-state index < -0.39 is 0 Å². The molecule has 4 heteroatoms. The highest BCUT2D eigenvalue weighted by Crippen LogP contribution is 2.34. The highest BCUT2D eigenvalue weighted by molar-refractivity contribution is 8.00. The second kappa shape index (κ2) is 8.05. The van der Waals surface area contributed by atoms with Crippen LogP contribution >= 0.6 is 23.4 Å². The number of hydrogen-bond acceptors (Lipinski definition) is 3. The average molecular weight is 288 g/mol. The van der Waals surface area contributed by atoms with Crippen molar-refractivity contribution >= 4 is 23.4 Å². The molecule has 2 unspecified atom stereocenters. The monoisotopic (exact) mass is 287 g/mol. The molecule has 0 aromatic heterocycles. The summed E-state index contributed by atoms with van der Waals surface area (Å²) in [5, 5.41) is 13.9. The zero-order chi connectivity index (χ0) is 13.5. The van der Waals surface area contributed by atoms with Gasteiger partial charge in [0.2, 0.25) is 0 Å². The Morgan fingerprint density at radius 2 is 2.11 bits per heavy atom. The molecule has 2 nitrogen and oxygen atoms in total. The largest absolute Gasteiger partial charge is 0.392 e. The molecule has 2 atom stereocenters. The molecule has 0 spiro atoms. The molecule has 2 N–H and O–H groups in total. The van der Waals surface area contributed by atoms with E-state index in [-0.39, 0.29) is 11.4 Å². The van der Waals surface area contributed by atoms with Crippen molar-refractivity contribution in [3.05, 3.63) is 28.8 Å². The molecule has 1 aromatic carbocycles. The van der Waals surface area contributed by atoms with Crippen LogP contribution in [0.3, 0.4) is 0 Å². The molecular weight excluding hydrogens is 266 g/mol. The first-order valence-corrected chi connectivity index (χ1v) is 7.64. The minimum Gasteiger partial charge on any atom is -0.392 e. The molecule has 0 saturated carbocycles. The van der Waals surface area contributed by atoms with Crippen LogP contribution in [-0.4, -0.2) is 23.0 Å². The van der Waals surface area contributed by atoms with Crippen molar-refractivity contribution in [3.63, 3.8) is 0 Å². The molecule has 0 aliphatic rings. The number of aliphatic hydroxyl groups excluding tert-OH is 1. The molecule has 0 aliphatic heterocycles. The van der Waals surface area contributed by atoms with Crippen molar-refractivity contribution in [1.82, 2.24) is 5.32 Å². The van der Waals surface area contributed by atoms with Crippen LogP contribution < -0.4 is 5.32 Å². The Kier molecular flexibility index (Phi) is 7.08. The summed E-state index contributed by atoms with van der Waals surface area (Å²) in [6.07, 6.45) is 0.773. The molecule has 0 radical (unpaired) electrons. The lowest BCUT2D eigenvalue weighted by Crippen LogP contribution is -2.17. The van der Waals surface area contributed by atoms with Crippen molar-refractivity contribution < 1.29 is 5.11 Å². The Hall–Kier alpha value is -0.220. The van der Waals surface area contributed by atoms with E-state index in [4.69, 9.17) is 11.6 Å². The van der Waals surface area contributed by atoms with Gasteiger partial charge < -0.3 is 10.4 Å². The summed E-state index contributed by atoms with van der Waals surface area (Å²) in [5.41, 5.74) is 1.20. The van der Waals surface area contributed by atoms with Crippen LogP contribution in [0, 0.1) is 0 Å². The van der Waals surface area contributed by atoms with Crippen LogP contribution in [0.1, 0.15) is 32.8 Å². The van der Waals surface area contributed by atoms with Gasteiger partial charge in [-0.2, -0.15) is 0 Å². The normalized spacial score (nSPS) is 14.5. The SMILES string of the molecule is CCCNCc1cccc(Cl)c1SC(C)C(C)O. The number of benzene rings is 1. The molecule has 102 valence electrons. The lowest BCUT2D eigenvalue weighted by molar-refractivity contribution is 0.196. The Morgan fingerprint density at radius 3 is 2.72 bits per heavy atom. The summed E-state index contributed by atoms with van der Waals surface area (Å²) in [7, 11) is 0. The molecule has 0 aliphatic carbocycles. The van der Waals surface area contributed by atoms with Crippen molar-refractivity contribution in [2.45, 2.75) is 50.0 Å². The first-order chi connectivity index (χ1) is 8.56. The van der Waals surface area contributed by atoms with Crippen LogP contribution in [0.25, 0.3) is 0 Å². The third-order valence-electron chi connectivity index (χ3n) is 2.77. The van der Waals surface area contributed by atoms with E-state index in [1.54, 1.807) is 11.8 Å². The van der Waals surface area contributed by atoms with E-state index in [1.165, 1.54) is 5.56 Å². The van der Waals surface area contributed by atoms with E-state index in [0.29, 0.717) is 0 Å². The quantitative estimate of drug-likeness (QED) is 0.592. The van der Waals surface area contributed by atoms with Gasteiger partial charge in [0.1, 0.15) is 0 Å². The predicted molar refractivity (Wildman–Crippen MR) is 80.4 cm³/mol. The zero-order valence-corrected chi connectivity index (χ0v) is 12.8. The Morgan fingerprint density at radius 1 is 1.39 bits per heavy atom. The van der Waals surface area contributed by atoms with Gasteiger partial charge in [-0.05, 0) is 31.5 Å². The third kappa shape index (κ3) is 4.81. The van der Waals surface area contributed by atoms with Crippen LogP contribution in [0.4, 0.5) is 0 Å². The standard InChI is InChI=1S/C14H22ClNOS/c1-4-8-16-9-12-6-5-7-13(15)14(12)18-11(3)10(2)17/h5-7,10-11,16-17H,4,8-9H2,1-3H3. The van der Waals surface area contributed by atoms with Crippen molar-refractivity contribution in [3.8, 4) is 0 Å². The topological polar surface area (TPSA) is 32.3 Å². The molecule has 0 bridgehead atoms. The fraction of sp³-hybridized carbons (Fsp3) is 0.571. The van der Waals surface area contributed by atoms with Crippen molar-refractivity contribution in [2.75, 3.05) is 6.54 Å². The molecule has 1 rings (SSSR count). The van der Waals surface area contributed by atoms with Crippen molar-refractivity contribution in [1.29, 1.82) is 0 Å². The number of rotatable bonds is 7. The summed E-state index contributed by atoms with van der Waals surface area (Å²) in [4.78, 5) is 1.08. The highest BCUT2D eigenvalue weighted by Gasteiger charge is 2.15. The maximum Gasteiger partial charge on any atom is 0.0631 e.